The maximum Gasteiger partial charge on any atom is 0.172 e. The fourth-order valence-corrected chi connectivity index (χ4v) is 2.66. The van der Waals surface area contributed by atoms with Crippen molar-refractivity contribution in [2.45, 2.75) is 0 Å². The molecule has 0 fully saturated rings. The Hall–Kier alpha value is -3.34. The van der Waals surface area contributed by atoms with Crippen LogP contribution in [0.25, 0.3) is 22.3 Å². The highest BCUT2D eigenvalue weighted by Crippen LogP contribution is 2.51. The maximum absolute atomic E-state index is 10.6. The lowest BCUT2D eigenvalue weighted by Crippen LogP contribution is -1.92. The predicted octanol–water partition coefficient (Wildman–Crippen LogP) is 3.85. The predicted molar refractivity (Wildman–Crippen MR) is 90.5 cm³/mol. The summed E-state index contributed by atoms with van der Waals surface area (Å²) in [6.07, 6.45) is 0. The Balaban J connectivity index is 2.30. The van der Waals surface area contributed by atoms with Crippen LogP contribution in [0.2, 0.25) is 0 Å². The summed E-state index contributed by atoms with van der Waals surface area (Å²) in [5.41, 5.74) is 1.35. The second-order valence-electron chi connectivity index (χ2n) is 5.27. The summed E-state index contributed by atoms with van der Waals surface area (Å²) in [5, 5.41) is 40.8. The third-order valence-corrected chi connectivity index (χ3v) is 3.77. The van der Waals surface area contributed by atoms with Crippen molar-refractivity contribution >= 4 is 0 Å². The van der Waals surface area contributed by atoms with Crippen molar-refractivity contribution < 1.29 is 25.2 Å². The van der Waals surface area contributed by atoms with Gasteiger partial charge in [0.05, 0.1) is 12.7 Å². The number of ether oxygens (including phenoxy) is 1. The summed E-state index contributed by atoms with van der Waals surface area (Å²) in [5.74, 6) is -0.595. The van der Waals surface area contributed by atoms with Gasteiger partial charge >= 0.3 is 0 Å². The van der Waals surface area contributed by atoms with Crippen LogP contribution in [-0.2, 0) is 0 Å². The summed E-state index contributed by atoms with van der Waals surface area (Å²) in [4.78, 5) is 0. The van der Waals surface area contributed by atoms with Gasteiger partial charge in [-0.15, -0.1) is 0 Å². The quantitative estimate of drug-likeness (QED) is 0.549. The van der Waals surface area contributed by atoms with Gasteiger partial charge in [0.1, 0.15) is 17.2 Å². The Bertz CT molecular complexity index is 888. The smallest absolute Gasteiger partial charge is 0.172 e. The minimum absolute atomic E-state index is 0.00903. The number of hydrogen-bond acceptors (Lipinski definition) is 5. The highest BCUT2D eigenvalue weighted by Gasteiger charge is 2.22. The zero-order valence-electron chi connectivity index (χ0n) is 12.9. The molecule has 0 saturated carbocycles. The molecule has 0 aliphatic carbocycles. The van der Waals surface area contributed by atoms with Gasteiger partial charge in [0.2, 0.25) is 0 Å². The Morgan fingerprint density at radius 2 is 1.46 bits per heavy atom. The van der Waals surface area contributed by atoms with Gasteiger partial charge in [-0.1, -0.05) is 30.3 Å². The van der Waals surface area contributed by atoms with Gasteiger partial charge < -0.3 is 25.2 Å². The maximum atomic E-state index is 10.6. The molecule has 0 bridgehead atoms. The molecule has 0 aromatic heterocycles. The fourth-order valence-electron chi connectivity index (χ4n) is 2.66. The summed E-state index contributed by atoms with van der Waals surface area (Å²) < 4.78 is 5.27. The van der Waals surface area contributed by atoms with Gasteiger partial charge in [-0.25, -0.2) is 0 Å². The van der Waals surface area contributed by atoms with E-state index in [4.69, 9.17) is 4.74 Å². The average molecular weight is 324 g/mol. The minimum Gasteiger partial charge on any atom is -0.508 e. The SMILES string of the molecule is COc1c(O)c(-c2ccccc2)cc(O)c1-c1cc(O)ccc1O. The van der Waals surface area contributed by atoms with Gasteiger partial charge in [-0.05, 0) is 29.8 Å². The van der Waals surface area contributed by atoms with E-state index in [0.717, 1.165) is 0 Å². The molecule has 0 atom stereocenters. The molecule has 4 N–H and O–H groups in total. The monoisotopic (exact) mass is 324 g/mol. The van der Waals surface area contributed by atoms with Crippen molar-refractivity contribution in [1.82, 2.24) is 0 Å². The second kappa shape index (κ2) is 6.04. The highest BCUT2D eigenvalue weighted by atomic mass is 16.5. The van der Waals surface area contributed by atoms with E-state index >= 15 is 0 Å². The number of aromatic hydroxyl groups is 4. The Morgan fingerprint density at radius 3 is 2.12 bits per heavy atom. The molecule has 0 amide bonds. The fraction of sp³-hybridized carbons (Fsp3) is 0.0526. The van der Waals surface area contributed by atoms with Gasteiger partial charge in [-0.2, -0.15) is 0 Å². The van der Waals surface area contributed by atoms with Crippen molar-refractivity contribution in [1.29, 1.82) is 0 Å². The first-order valence-electron chi connectivity index (χ1n) is 7.23. The van der Waals surface area contributed by atoms with Crippen molar-refractivity contribution in [3.05, 3.63) is 54.6 Å². The summed E-state index contributed by atoms with van der Waals surface area (Å²) in [7, 11) is 1.35. The summed E-state index contributed by atoms with van der Waals surface area (Å²) in [6, 6.07) is 14.4. The van der Waals surface area contributed by atoms with E-state index in [1.165, 1.54) is 31.4 Å². The van der Waals surface area contributed by atoms with Gasteiger partial charge in [0.15, 0.2) is 11.5 Å². The molecule has 0 heterocycles. The van der Waals surface area contributed by atoms with Crippen molar-refractivity contribution in [2.75, 3.05) is 7.11 Å². The molecule has 0 spiro atoms. The average Bonchev–Trinajstić information content (AvgIpc) is 2.59. The van der Waals surface area contributed by atoms with Crippen LogP contribution in [0.1, 0.15) is 0 Å². The number of methoxy groups -OCH3 is 1. The Morgan fingerprint density at radius 1 is 0.750 bits per heavy atom. The molecule has 122 valence electrons. The molecule has 0 aliphatic heterocycles. The van der Waals surface area contributed by atoms with Crippen molar-refractivity contribution in [2.24, 2.45) is 0 Å². The van der Waals surface area contributed by atoms with E-state index in [0.29, 0.717) is 11.1 Å². The van der Waals surface area contributed by atoms with E-state index in [2.05, 4.69) is 0 Å². The zero-order chi connectivity index (χ0) is 17.3. The number of hydrogen-bond donors (Lipinski definition) is 4. The standard InChI is InChI=1S/C19H16O5/c1-24-19-17(14-9-12(20)7-8-15(14)21)16(22)10-13(18(19)23)11-5-3-2-4-6-11/h2-10,20-23H,1H3. The molecule has 24 heavy (non-hydrogen) atoms. The lowest BCUT2D eigenvalue weighted by molar-refractivity contribution is 0.371. The van der Waals surface area contributed by atoms with Crippen LogP contribution in [0.4, 0.5) is 0 Å². The van der Waals surface area contributed by atoms with Crippen LogP contribution < -0.4 is 4.74 Å². The molecule has 5 nitrogen and oxygen atoms in total. The number of phenols is 4. The van der Waals surface area contributed by atoms with Crippen LogP contribution in [0, 0.1) is 0 Å². The Labute approximate surface area is 138 Å². The number of benzene rings is 3. The first kappa shape index (κ1) is 15.6. The van der Waals surface area contributed by atoms with Crippen molar-refractivity contribution in [3.63, 3.8) is 0 Å². The van der Waals surface area contributed by atoms with Gasteiger partial charge in [0, 0.05) is 11.1 Å². The third kappa shape index (κ3) is 2.56. The molecular weight excluding hydrogens is 308 g/mol. The van der Waals surface area contributed by atoms with Crippen LogP contribution in [0.5, 0.6) is 28.7 Å². The number of phenolic OH excluding ortho intramolecular Hbond substituents is 4. The molecule has 3 aromatic carbocycles. The van der Waals surface area contributed by atoms with Crippen LogP contribution in [0.15, 0.2) is 54.6 Å². The van der Waals surface area contributed by atoms with Crippen molar-refractivity contribution in [3.8, 4) is 51.0 Å². The lowest BCUT2D eigenvalue weighted by atomic mass is 9.96. The van der Waals surface area contributed by atoms with Crippen LogP contribution in [0.3, 0.4) is 0 Å². The van der Waals surface area contributed by atoms with E-state index < -0.39 is 0 Å². The molecule has 5 heteroatoms. The topological polar surface area (TPSA) is 90.2 Å². The first-order chi connectivity index (χ1) is 11.5. The largest absolute Gasteiger partial charge is 0.508 e. The summed E-state index contributed by atoms with van der Waals surface area (Å²) >= 11 is 0. The first-order valence-corrected chi connectivity index (χ1v) is 7.23. The van der Waals surface area contributed by atoms with E-state index in [1.54, 1.807) is 12.1 Å². The van der Waals surface area contributed by atoms with Crippen LogP contribution in [-0.4, -0.2) is 27.5 Å². The molecule has 3 rings (SSSR count). The third-order valence-electron chi connectivity index (χ3n) is 3.77. The molecular formula is C19H16O5. The van der Waals surface area contributed by atoms with Gasteiger partial charge in [-0.3, -0.25) is 0 Å². The molecule has 0 unspecified atom stereocenters. The highest BCUT2D eigenvalue weighted by molar-refractivity contribution is 5.89. The molecule has 0 radical (unpaired) electrons. The van der Waals surface area contributed by atoms with E-state index in [1.807, 2.05) is 18.2 Å². The van der Waals surface area contributed by atoms with Gasteiger partial charge in [0.25, 0.3) is 0 Å². The van der Waals surface area contributed by atoms with E-state index in [-0.39, 0.29) is 39.9 Å². The minimum atomic E-state index is -0.190. The number of rotatable bonds is 3. The summed E-state index contributed by atoms with van der Waals surface area (Å²) in [6.45, 7) is 0. The molecule has 0 aliphatic rings. The normalized spacial score (nSPS) is 10.5. The molecule has 0 saturated heterocycles. The molecule has 3 aromatic rings. The lowest BCUT2D eigenvalue weighted by Gasteiger charge is -2.17. The Kier molecular flexibility index (Phi) is 3.92. The second-order valence-corrected chi connectivity index (χ2v) is 5.27. The zero-order valence-corrected chi connectivity index (χ0v) is 12.9. The van der Waals surface area contributed by atoms with E-state index in [9.17, 15) is 20.4 Å². The van der Waals surface area contributed by atoms with Crippen LogP contribution >= 0.6 is 0 Å².